The summed E-state index contributed by atoms with van der Waals surface area (Å²) in [5.41, 5.74) is -0.124. The van der Waals surface area contributed by atoms with Gasteiger partial charge in [0.1, 0.15) is 11.4 Å². The summed E-state index contributed by atoms with van der Waals surface area (Å²) in [7, 11) is 1.31. The minimum Gasteiger partial charge on any atom is -0.503 e. The van der Waals surface area contributed by atoms with Crippen LogP contribution in [0.1, 0.15) is 5.56 Å². The molecule has 2 N–H and O–H groups in total. The molecule has 2 aromatic carbocycles. The van der Waals surface area contributed by atoms with Gasteiger partial charge in [0.2, 0.25) is 0 Å². The Morgan fingerprint density at radius 1 is 1.22 bits per heavy atom. The lowest BCUT2D eigenvalue weighted by Gasteiger charge is -2.26. The van der Waals surface area contributed by atoms with Crippen molar-refractivity contribution in [3.05, 3.63) is 58.4 Å². The number of phenols is 1. The summed E-state index contributed by atoms with van der Waals surface area (Å²) in [6, 6.07) is 6.51. The van der Waals surface area contributed by atoms with E-state index in [0.29, 0.717) is 4.90 Å². The molecule has 4 amide bonds. The van der Waals surface area contributed by atoms with E-state index in [2.05, 4.69) is 0 Å². The highest BCUT2D eigenvalue weighted by atomic mass is 35.5. The molecule has 0 spiro atoms. The van der Waals surface area contributed by atoms with Crippen LogP contribution in [0.25, 0.3) is 6.08 Å². The van der Waals surface area contributed by atoms with Gasteiger partial charge in [-0.2, -0.15) is 0 Å². The van der Waals surface area contributed by atoms with E-state index in [-0.39, 0.29) is 33.3 Å². The Morgan fingerprint density at radius 2 is 1.96 bits per heavy atom. The molecule has 2 aromatic rings. The zero-order valence-corrected chi connectivity index (χ0v) is 14.6. The van der Waals surface area contributed by atoms with Gasteiger partial charge >= 0.3 is 6.03 Å². The Balaban J connectivity index is 2.06. The number of imide groups is 2. The average Bonchev–Trinajstić information content (AvgIpc) is 2.61. The van der Waals surface area contributed by atoms with Crippen LogP contribution in [0.15, 0.2) is 42.0 Å². The lowest BCUT2D eigenvalue weighted by atomic mass is 10.1. The van der Waals surface area contributed by atoms with Gasteiger partial charge in [0, 0.05) is 0 Å². The smallest absolute Gasteiger partial charge is 0.335 e. The molecule has 0 atom stereocenters. The highest BCUT2D eigenvalue weighted by Crippen LogP contribution is 2.35. The quantitative estimate of drug-likeness (QED) is 0.620. The first-order chi connectivity index (χ1) is 12.8. The molecule has 1 aliphatic heterocycles. The molecular weight excluding hydrogens is 379 g/mol. The number of amides is 4. The van der Waals surface area contributed by atoms with E-state index in [1.807, 2.05) is 5.32 Å². The van der Waals surface area contributed by atoms with Crippen molar-refractivity contribution in [1.29, 1.82) is 0 Å². The Bertz CT molecular complexity index is 1010. The molecule has 1 aliphatic rings. The first-order valence-corrected chi connectivity index (χ1v) is 7.93. The Labute approximate surface area is 157 Å². The number of ether oxygens (including phenoxy) is 1. The number of methoxy groups -OCH3 is 1. The summed E-state index contributed by atoms with van der Waals surface area (Å²) in [4.78, 5) is 37.6. The molecule has 0 bridgehead atoms. The maximum Gasteiger partial charge on any atom is 0.335 e. The first-order valence-electron chi connectivity index (χ1n) is 7.55. The lowest BCUT2D eigenvalue weighted by molar-refractivity contribution is -0.122. The number of barbiturate groups is 1. The summed E-state index contributed by atoms with van der Waals surface area (Å²) in [6.07, 6.45) is 1.18. The number of aromatic hydroxyl groups is 1. The van der Waals surface area contributed by atoms with Crippen LogP contribution in [0.4, 0.5) is 14.9 Å². The fourth-order valence-corrected chi connectivity index (χ4v) is 2.73. The van der Waals surface area contributed by atoms with Crippen molar-refractivity contribution in [3.8, 4) is 11.5 Å². The average molecular weight is 391 g/mol. The molecule has 9 heteroatoms. The van der Waals surface area contributed by atoms with E-state index in [0.717, 1.165) is 12.1 Å². The number of anilines is 1. The summed E-state index contributed by atoms with van der Waals surface area (Å²) in [5, 5.41) is 11.7. The lowest BCUT2D eigenvalue weighted by Crippen LogP contribution is -2.54. The predicted octanol–water partition coefficient (Wildman–Crippen LogP) is 2.86. The van der Waals surface area contributed by atoms with Crippen molar-refractivity contribution >= 4 is 41.2 Å². The van der Waals surface area contributed by atoms with Crippen LogP contribution in [-0.2, 0) is 9.59 Å². The van der Waals surface area contributed by atoms with E-state index < -0.39 is 23.7 Å². The number of hydrogen-bond acceptors (Lipinski definition) is 5. The zero-order valence-electron chi connectivity index (χ0n) is 13.8. The second-order valence-electron chi connectivity index (χ2n) is 5.49. The number of hydrogen-bond donors (Lipinski definition) is 2. The van der Waals surface area contributed by atoms with Crippen molar-refractivity contribution in [2.24, 2.45) is 0 Å². The largest absolute Gasteiger partial charge is 0.503 e. The number of nitrogens with zero attached hydrogens (tertiary/aromatic N) is 1. The van der Waals surface area contributed by atoms with Crippen molar-refractivity contribution in [2.75, 3.05) is 12.0 Å². The Morgan fingerprint density at radius 3 is 2.63 bits per heavy atom. The summed E-state index contributed by atoms with van der Waals surface area (Å²) < 4.78 is 18.4. The highest BCUT2D eigenvalue weighted by Gasteiger charge is 2.37. The molecule has 7 nitrogen and oxygen atoms in total. The molecule has 1 saturated heterocycles. The first kappa shape index (κ1) is 18.4. The molecule has 0 unspecified atom stereocenters. The summed E-state index contributed by atoms with van der Waals surface area (Å²) >= 11 is 5.90. The number of rotatable bonds is 3. The van der Waals surface area contributed by atoms with Gasteiger partial charge in [-0.25, -0.2) is 14.1 Å². The van der Waals surface area contributed by atoms with Crippen molar-refractivity contribution in [1.82, 2.24) is 5.32 Å². The molecule has 138 valence electrons. The normalized spacial score (nSPS) is 15.9. The van der Waals surface area contributed by atoms with Gasteiger partial charge in [-0.05, 0) is 42.0 Å². The van der Waals surface area contributed by atoms with Crippen LogP contribution >= 0.6 is 11.6 Å². The van der Waals surface area contributed by atoms with Crippen LogP contribution < -0.4 is 15.0 Å². The van der Waals surface area contributed by atoms with Crippen LogP contribution in [0, 0.1) is 5.82 Å². The summed E-state index contributed by atoms with van der Waals surface area (Å²) in [5.74, 6) is -2.75. The van der Waals surface area contributed by atoms with E-state index >= 15 is 0 Å². The number of carbonyl (C=O) groups is 3. The van der Waals surface area contributed by atoms with E-state index in [1.54, 1.807) is 0 Å². The number of nitrogens with one attached hydrogen (secondary N) is 1. The fourth-order valence-electron chi connectivity index (χ4n) is 2.51. The minimum absolute atomic E-state index is 0.0304. The van der Waals surface area contributed by atoms with Gasteiger partial charge in [0.05, 0.1) is 17.8 Å². The monoisotopic (exact) mass is 390 g/mol. The van der Waals surface area contributed by atoms with Crippen molar-refractivity contribution in [3.63, 3.8) is 0 Å². The second-order valence-corrected chi connectivity index (χ2v) is 5.90. The van der Waals surface area contributed by atoms with Gasteiger partial charge in [0.25, 0.3) is 11.8 Å². The highest BCUT2D eigenvalue weighted by molar-refractivity contribution is 6.39. The third kappa shape index (κ3) is 3.47. The van der Waals surface area contributed by atoms with Gasteiger partial charge in [-0.1, -0.05) is 17.7 Å². The van der Waals surface area contributed by atoms with E-state index in [9.17, 15) is 23.9 Å². The molecular formula is C18H12ClFN2O5. The number of phenolic OH excluding ortho intramolecular Hbond substituents is 1. The number of halogens is 2. The standard InChI is InChI=1S/C18H12ClFN2O5/c1-27-14-7-9(6-13(19)15(14)23)5-12-16(24)21-18(26)22(17(12)25)11-4-2-3-10(20)8-11/h2-8,23H,1H3,(H,21,24,26)/b12-5+. The van der Waals surface area contributed by atoms with Crippen molar-refractivity contribution in [2.45, 2.75) is 0 Å². The number of carbonyl (C=O) groups excluding carboxylic acids is 3. The Kier molecular flexibility index (Phi) is 4.83. The predicted molar refractivity (Wildman–Crippen MR) is 95.1 cm³/mol. The van der Waals surface area contributed by atoms with Crippen LogP contribution in [0.3, 0.4) is 0 Å². The van der Waals surface area contributed by atoms with Gasteiger partial charge in [-0.3, -0.25) is 14.9 Å². The van der Waals surface area contributed by atoms with Crippen LogP contribution in [0.2, 0.25) is 5.02 Å². The van der Waals surface area contributed by atoms with Crippen LogP contribution in [-0.4, -0.2) is 30.1 Å². The van der Waals surface area contributed by atoms with Gasteiger partial charge < -0.3 is 9.84 Å². The Hall–Kier alpha value is -3.39. The van der Waals surface area contributed by atoms with Crippen LogP contribution in [0.5, 0.6) is 11.5 Å². The minimum atomic E-state index is -0.992. The molecule has 0 radical (unpaired) electrons. The maximum atomic E-state index is 13.5. The molecule has 0 aliphatic carbocycles. The molecule has 27 heavy (non-hydrogen) atoms. The molecule has 1 heterocycles. The number of urea groups is 1. The molecule has 1 fully saturated rings. The molecule has 0 aromatic heterocycles. The second kappa shape index (κ2) is 7.08. The van der Waals surface area contributed by atoms with Gasteiger partial charge in [-0.15, -0.1) is 0 Å². The molecule has 0 saturated carbocycles. The third-order valence-electron chi connectivity index (χ3n) is 3.75. The zero-order chi connectivity index (χ0) is 19.7. The topological polar surface area (TPSA) is 95.9 Å². The van der Waals surface area contributed by atoms with E-state index in [1.165, 1.54) is 37.5 Å². The molecule has 3 rings (SSSR count). The SMILES string of the molecule is COc1cc(/C=C2\C(=O)NC(=O)N(c3cccc(F)c3)C2=O)cc(Cl)c1O. The van der Waals surface area contributed by atoms with Gasteiger partial charge in [0.15, 0.2) is 11.5 Å². The van der Waals surface area contributed by atoms with E-state index in [4.69, 9.17) is 16.3 Å². The van der Waals surface area contributed by atoms with Crippen molar-refractivity contribution < 1.29 is 28.6 Å². The third-order valence-corrected chi connectivity index (χ3v) is 4.04. The number of benzene rings is 2. The fraction of sp³-hybridized carbons (Fsp3) is 0.0556. The maximum absolute atomic E-state index is 13.5. The summed E-state index contributed by atoms with van der Waals surface area (Å²) in [6.45, 7) is 0.